The summed E-state index contributed by atoms with van der Waals surface area (Å²) in [5.41, 5.74) is 2.66. The number of carbonyl (C=O) groups is 1. The van der Waals surface area contributed by atoms with Crippen LogP contribution in [0.15, 0.2) is 48.7 Å². The normalized spacial score (nSPS) is 12.6. The van der Waals surface area contributed by atoms with E-state index in [2.05, 4.69) is 48.6 Å². The lowest BCUT2D eigenvalue weighted by Crippen LogP contribution is -2.43. The smallest absolute Gasteiger partial charge is 0.314 e. The molecule has 3 N–H and O–H groups in total. The Balaban J connectivity index is 1.81. The summed E-state index contributed by atoms with van der Waals surface area (Å²) >= 11 is 0. The monoisotopic (exact) mass is 454 g/mol. The maximum Gasteiger partial charge on any atom is 0.314 e. The number of benzene rings is 2. The molecule has 1 atom stereocenters. The van der Waals surface area contributed by atoms with E-state index < -0.39 is 0 Å². The number of aromatic nitrogens is 2. The van der Waals surface area contributed by atoms with Crippen LogP contribution < -0.4 is 10.6 Å². The second-order valence-electron chi connectivity index (χ2n) is 9.22. The first kappa shape index (κ1) is 24.7. The molecule has 1 heterocycles. The summed E-state index contributed by atoms with van der Waals surface area (Å²) < 4.78 is 15.1. The number of halogens is 1. The lowest BCUT2D eigenvalue weighted by molar-refractivity contribution is 0.213. The predicted octanol–water partition coefficient (Wildman–Crippen LogP) is 5.15. The van der Waals surface area contributed by atoms with Crippen molar-refractivity contribution in [3.8, 4) is 5.69 Å². The van der Waals surface area contributed by atoms with Crippen molar-refractivity contribution in [1.82, 2.24) is 20.4 Å². The summed E-state index contributed by atoms with van der Waals surface area (Å²) in [4.78, 5) is 12.2. The molecule has 2 aromatic carbocycles. The minimum absolute atomic E-state index is 0.127. The van der Waals surface area contributed by atoms with E-state index in [9.17, 15) is 14.3 Å². The third-order valence-corrected chi connectivity index (χ3v) is 6.18. The molecule has 1 unspecified atom stereocenters. The fourth-order valence-corrected chi connectivity index (χ4v) is 4.23. The van der Waals surface area contributed by atoms with Crippen LogP contribution in [0.4, 0.5) is 9.18 Å². The Morgan fingerprint density at radius 2 is 1.91 bits per heavy atom. The Bertz CT molecular complexity index is 1050. The fourth-order valence-electron chi connectivity index (χ4n) is 4.23. The fraction of sp³-hybridized carbons (Fsp3) is 0.462. The van der Waals surface area contributed by atoms with Gasteiger partial charge in [-0.1, -0.05) is 33.3 Å². The maximum atomic E-state index is 13.3. The molecule has 3 rings (SSSR count). The van der Waals surface area contributed by atoms with Gasteiger partial charge in [-0.25, -0.2) is 13.9 Å². The SMILES string of the molecule is CCCCNC(=O)NCC(C)(C)C(CCCO)c1ccc2c(cnn2-c2ccc(F)cc2)c1. The van der Waals surface area contributed by atoms with Gasteiger partial charge in [-0.2, -0.15) is 5.10 Å². The lowest BCUT2D eigenvalue weighted by Gasteiger charge is -2.35. The number of rotatable bonds is 11. The maximum absolute atomic E-state index is 13.3. The molecule has 0 spiro atoms. The zero-order chi connectivity index (χ0) is 23.8. The molecule has 33 heavy (non-hydrogen) atoms. The summed E-state index contributed by atoms with van der Waals surface area (Å²) in [5.74, 6) is -0.140. The zero-order valence-corrected chi connectivity index (χ0v) is 19.8. The Morgan fingerprint density at radius 1 is 1.15 bits per heavy atom. The van der Waals surface area contributed by atoms with Crippen LogP contribution in [-0.2, 0) is 0 Å². The van der Waals surface area contributed by atoms with Crippen molar-refractivity contribution < 1.29 is 14.3 Å². The van der Waals surface area contributed by atoms with Gasteiger partial charge in [0.2, 0.25) is 0 Å². The number of hydrogen-bond donors (Lipinski definition) is 3. The Labute approximate surface area is 195 Å². The van der Waals surface area contributed by atoms with Crippen LogP contribution in [-0.4, -0.2) is 40.6 Å². The summed E-state index contributed by atoms with van der Waals surface area (Å²) in [6.45, 7) is 7.71. The molecule has 0 saturated carbocycles. The number of unbranched alkanes of at least 4 members (excludes halogenated alkanes) is 1. The highest BCUT2D eigenvalue weighted by Gasteiger charge is 2.31. The van der Waals surface area contributed by atoms with E-state index >= 15 is 0 Å². The number of aliphatic hydroxyl groups is 1. The minimum Gasteiger partial charge on any atom is -0.396 e. The van der Waals surface area contributed by atoms with Gasteiger partial charge in [-0.15, -0.1) is 0 Å². The Hall–Kier alpha value is -2.93. The second-order valence-corrected chi connectivity index (χ2v) is 9.22. The summed E-state index contributed by atoms with van der Waals surface area (Å²) in [6, 6.07) is 12.4. The van der Waals surface area contributed by atoms with Crippen LogP contribution in [0.25, 0.3) is 16.6 Å². The van der Waals surface area contributed by atoms with Crippen molar-refractivity contribution in [2.75, 3.05) is 19.7 Å². The van der Waals surface area contributed by atoms with Crippen LogP contribution >= 0.6 is 0 Å². The molecular weight excluding hydrogens is 419 g/mol. The van der Waals surface area contributed by atoms with Gasteiger partial charge in [0.1, 0.15) is 5.82 Å². The van der Waals surface area contributed by atoms with Gasteiger partial charge in [-0.3, -0.25) is 0 Å². The van der Waals surface area contributed by atoms with Crippen LogP contribution in [0.2, 0.25) is 0 Å². The highest BCUT2D eigenvalue weighted by atomic mass is 19.1. The number of nitrogens with one attached hydrogen (secondary N) is 2. The molecule has 178 valence electrons. The van der Waals surface area contributed by atoms with Gasteiger partial charge in [-0.05, 0) is 72.6 Å². The van der Waals surface area contributed by atoms with Gasteiger partial charge in [0, 0.05) is 25.1 Å². The van der Waals surface area contributed by atoms with E-state index in [0.717, 1.165) is 41.4 Å². The van der Waals surface area contributed by atoms with E-state index in [1.165, 1.54) is 12.1 Å². The largest absolute Gasteiger partial charge is 0.396 e. The topological polar surface area (TPSA) is 79.2 Å². The molecular formula is C26H35FN4O2. The molecule has 0 bridgehead atoms. The molecule has 0 aliphatic rings. The zero-order valence-electron chi connectivity index (χ0n) is 19.8. The number of carbonyl (C=O) groups excluding carboxylic acids is 1. The summed E-state index contributed by atoms with van der Waals surface area (Å²) in [7, 11) is 0. The molecule has 3 aromatic rings. The molecule has 0 aliphatic heterocycles. The van der Waals surface area contributed by atoms with Crippen LogP contribution in [0.5, 0.6) is 0 Å². The summed E-state index contributed by atoms with van der Waals surface area (Å²) in [5, 5.41) is 20.9. The van der Waals surface area contributed by atoms with Crippen LogP contribution in [0.1, 0.15) is 57.9 Å². The second kappa shape index (κ2) is 11.3. The molecule has 0 aliphatic carbocycles. The van der Waals surface area contributed by atoms with Crippen molar-refractivity contribution in [2.24, 2.45) is 5.41 Å². The van der Waals surface area contributed by atoms with Crippen molar-refractivity contribution in [2.45, 2.75) is 52.4 Å². The quantitative estimate of drug-likeness (QED) is 0.351. The molecule has 1 aromatic heterocycles. The van der Waals surface area contributed by atoms with Crippen molar-refractivity contribution in [3.05, 3.63) is 60.0 Å². The van der Waals surface area contributed by atoms with Gasteiger partial charge >= 0.3 is 6.03 Å². The van der Waals surface area contributed by atoms with E-state index in [1.54, 1.807) is 16.8 Å². The Kier molecular flexibility index (Phi) is 8.44. The van der Waals surface area contributed by atoms with Gasteiger partial charge in [0.05, 0.1) is 17.4 Å². The average Bonchev–Trinajstić information content (AvgIpc) is 3.22. The Morgan fingerprint density at radius 3 is 2.61 bits per heavy atom. The molecule has 7 heteroatoms. The molecule has 6 nitrogen and oxygen atoms in total. The minimum atomic E-state index is -0.279. The lowest BCUT2D eigenvalue weighted by atomic mass is 9.72. The van der Waals surface area contributed by atoms with Crippen molar-refractivity contribution >= 4 is 16.9 Å². The highest BCUT2D eigenvalue weighted by molar-refractivity contribution is 5.81. The molecule has 0 fully saturated rings. The van der Waals surface area contributed by atoms with Crippen LogP contribution in [0.3, 0.4) is 0 Å². The van der Waals surface area contributed by atoms with E-state index in [0.29, 0.717) is 19.5 Å². The first-order chi connectivity index (χ1) is 15.9. The van der Waals surface area contributed by atoms with E-state index in [1.807, 2.05) is 12.3 Å². The predicted molar refractivity (Wildman–Crippen MR) is 130 cm³/mol. The molecule has 0 saturated heterocycles. The van der Waals surface area contributed by atoms with Gasteiger partial charge in [0.25, 0.3) is 0 Å². The van der Waals surface area contributed by atoms with Crippen molar-refractivity contribution in [1.29, 1.82) is 0 Å². The molecule has 2 amide bonds. The standard InChI is InChI=1S/C26H35FN4O2/c1-4-5-14-28-25(33)29-18-26(2,3)23(7-6-15-32)19-8-13-24-20(16-19)17-30-31(24)22-11-9-21(27)10-12-22/h8-13,16-17,23,32H,4-7,14-15,18H2,1-3H3,(H2,28,29,33). The first-order valence-electron chi connectivity index (χ1n) is 11.7. The first-order valence-corrected chi connectivity index (χ1v) is 11.7. The number of nitrogens with zero attached hydrogens (tertiary/aromatic N) is 2. The number of aliphatic hydroxyl groups excluding tert-OH is 1. The molecule has 0 radical (unpaired) electrons. The van der Waals surface area contributed by atoms with Crippen LogP contribution in [0, 0.1) is 11.2 Å². The van der Waals surface area contributed by atoms with E-state index in [4.69, 9.17) is 0 Å². The third kappa shape index (κ3) is 6.32. The van der Waals surface area contributed by atoms with E-state index in [-0.39, 0.29) is 29.8 Å². The number of urea groups is 1. The third-order valence-electron chi connectivity index (χ3n) is 6.18. The summed E-state index contributed by atoms with van der Waals surface area (Å²) in [6.07, 6.45) is 5.30. The van der Waals surface area contributed by atoms with Gasteiger partial charge < -0.3 is 15.7 Å². The van der Waals surface area contributed by atoms with Gasteiger partial charge in [0.15, 0.2) is 0 Å². The average molecular weight is 455 g/mol. The highest BCUT2D eigenvalue weighted by Crippen LogP contribution is 2.39. The number of hydrogen-bond acceptors (Lipinski definition) is 3. The number of amides is 2. The number of fused-ring (bicyclic) bond motifs is 1. The van der Waals surface area contributed by atoms with Crippen molar-refractivity contribution in [3.63, 3.8) is 0 Å².